The van der Waals surface area contributed by atoms with Gasteiger partial charge >= 0.3 is 23.9 Å². The highest BCUT2D eigenvalue weighted by Gasteiger charge is 2.12. The Hall–Kier alpha value is -6.16. The molecular weight excluding hydrogens is 640 g/mol. The van der Waals surface area contributed by atoms with Gasteiger partial charge in [0.15, 0.2) is 0 Å². The van der Waals surface area contributed by atoms with Crippen LogP contribution in [0.25, 0.3) is 11.1 Å². The first-order valence-corrected chi connectivity index (χ1v) is 16.0. The third-order valence-corrected chi connectivity index (χ3v) is 7.08. The van der Waals surface area contributed by atoms with Gasteiger partial charge in [0.25, 0.3) is 0 Å². The average molecular weight is 679 g/mol. The summed E-state index contributed by atoms with van der Waals surface area (Å²) in [6, 6.07) is 27.4. The number of rotatable bonds is 19. The molecule has 0 aliphatic carbocycles. The molecule has 0 atom stereocenters. The lowest BCUT2D eigenvalue weighted by molar-refractivity contribution is -0.138. The van der Waals surface area contributed by atoms with Crippen LogP contribution >= 0.6 is 0 Å². The molecule has 0 radical (unpaired) electrons. The van der Waals surface area contributed by atoms with Gasteiger partial charge in [0.1, 0.15) is 23.0 Å². The van der Waals surface area contributed by atoms with E-state index in [-0.39, 0.29) is 5.75 Å². The van der Waals surface area contributed by atoms with E-state index in [1.807, 2.05) is 36.4 Å². The normalized spacial score (nSPS) is 10.3. The van der Waals surface area contributed by atoms with Crippen molar-refractivity contribution in [3.63, 3.8) is 0 Å². The van der Waals surface area contributed by atoms with Gasteiger partial charge in [-0.3, -0.25) is 0 Å². The van der Waals surface area contributed by atoms with Crippen molar-refractivity contribution < 1.29 is 47.6 Å². The Morgan fingerprint density at radius 2 is 0.760 bits per heavy atom. The van der Waals surface area contributed by atoms with Crippen molar-refractivity contribution in [3.05, 3.63) is 133 Å². The lowest BCUT2D eigenvalue weighted by Gasteiger charge is -2.09. The van der Waals surface area contributed by atoms with E-state index in [1.165, 1.54) is 24.3 Å². The molecule has 10 nitrogen and oxygen atoms in total. The first kappa shape index (κ1) is 36.7. The number of carbonyl (C=O) groups is 4. The van der Waals surface area contributed by atoms with Gasteiger partial charge in [0.05, 0.1) is 37.6 Å². The van der Waals surface area contributed by atoms with Crippen LogP contribution < -0.4 is 18.9 Å². The quantitative estimate of drug-likeness (QED) is 0.0425. The Bertz CT molecular complexity index is 1730. The highest BCUT2D eigenvalue weighted by atomic mass is 16.5. The number of ether oxygens (including phenoxy) is 6. The Morgan fingerprint density at radius 3 is 1.14 bits per heavy atom. The number of benzene rings is 4. The minimum absolute atomic E-state index is 0.274. The minimum atomic E-state index is -0.557. The molecule has 0 aromatic heterocycles. The molecule has 0 heterocycles. The summed E-state index contributed by atoms with van der Waals surface area (Å²) < 4.78 is 32.2. The van der Waals surface area contributed by atoms with Crippen LogP contribution in [0.1, 0.15) is 46.4 Å². The Morgan fingerprint density at radius 1 is 0.440 bits per heavy atom. The van der Waals surface area contributed by atoms with Gasteiger partial charge in [-0.25, -0.2) is 19.2 Å². The second-order valence-electron chi connectivity index (χ2n) is 10.7. The van der Waals surface area contributed by atoms with E-state index in [0.717, 1.165) is 35.4 Å². The van der Waals surface area contributed by atoms with Gasteiger partial charge in [-0.15, -0.1) is 0 Å². The highest BCUT2D eigenvalue weighted by Crippen LogP contribution is 2.26. The molecule has 0 bridgehead atoms. The zero-order chi connectivity index (χ0) is 35.6. The summed E-state index contributed by atoms with van der Waals surface area (Å²) in [5, 5.41) is 0. The average Bonchev–Trinajstić information content (AvgIpc) is 3.15. The summed E-state index contributed by atoms with van der Waals surface area (Å²) in [7, 11) is 0. The summed E-state index contributed by atoms with van der Waals surface area (Å²) in [5.74, 6) is 0.00224. The van der Waals surface area contributed by atoms with E-state index in [0.29, 0.717) is 68.3 Å². The summed E-state index contributed by atoms with van der Waals surface area (Å²) in [5.41, 5.74) is 2.54. The zero-order valence-corrected chi connectivity index (χ0v) is 27.5. The third-order valence-electron chi connectivity index (χ3n) is 7.08. The number of carbonyl (C=O) groups excluding carboxylic acids is 4. The second-order valence-corrected chi connectivity index (χ2v) is 10.7. The maximum absolute atomic E-state index is 12.7. The van der Waals surface area contributed by atoms with Crippen molar-refractivity contribution in [2.45, 2.75) is 25.7 Å². The van der Waals surface area contributed by atoms with Gasteiger partial charge in [-0.2, -0.15) is 0 Å². The van der Waals surface area contributed by atoms with Crippen LogP contribution in [0.2, 0.25) is 0 Å². The Labute approximate surface area is 290 Å². The molecule has 50 heavy (non-hydrogen) atoms. The van der Waals surface area contributed by atoms with Crippen LogP contribution in [-0.2, 0) is 19.1 Å². The zero-order valence-electron chi connectivity index (χ0n) is 27.5. The summed E-state index contributed by atoms with van der Waals surface area (Å²) in [4.78, 5) is 47.4. The fourth-order valence-corrected chi connectivity index (χ4v) is 4.39. The highest BCUT2D eigenvalue weighted by molar-refractivity contribution is 5.92. The molecular formula is C40H38O10. The standard InChI is InChI=1S/C40H38O10/c1-3-37(41)47-27-7-5-25-45-33-17-9-29(10-18-33)30-11-21-35(22-12-30)49-40(44)32-15-23-36(24-16-32)50-39(43)31-13-19-34(20-14-31)46-26-6-8-28-48-38(42)4-2/h3-4,9-24H,1-2,5-8,25-28H2. The number of esters is 4. The summed E-state index contributed by atoms with van der Waals surface area (Å²) in [6.07, 6.45) is 5.06. The minimum Gasteiger partial charge on any atom is -0.494 e. The van der Waals surface area contributed by atoms with E-state index in [9.17, 15) is 19.2 Å². The van der Waals surface area contributed by atoms with Gasteiger partial charge in [0, 0.05) is 12.2 Å². The van der Waals surface area contributed by atoms with Gasteiger partial charge in [0.2, 0.25) is 0 Å². The molecule has 4 rings (SSSR count). The van der Waals surface area contributed by atoms with E-state index in [1.54, 1.807) is 36.4 Å². The molecule has 258 valence electrons. The van der Waals surface area contributed by atoms with E-state index in [2.05, 4.69) is 13.2 Å². The fourth-order valence-electron chi connectivity index (χ4n) is 4.39. The largest absolute Gasteiger partial charge is 0.494 e. The van der Waals surface area contributed by atoms with Crippen molar-refractivity contribution in [2.24, 2.45) is 0 Å². The van der Waals surface area contributed by atoms with Crippen molar-refractivity contribution in [1.29, 1.82) is 0 Å². The van der Waals surface area contributed by atoms with Crippen molar-refractivity contribution in [2.75, 3.05) is 26.4 Å². The first-order chi connectivity index (χ1) is 24.3. The van der Waals surface area contributed by atoms with Crippen LogP contribution in [-0.4, -0.2) is 50.3 Å². The molecule has 0 aliphatic heterocycles. The smallest absolute Gasteiger partial charge is 0.343 e. The maximum Gasteiger partial charge on any atom is 0.343 e. The molecule has 0 saturated carbocycles. The van der Waals surface area contributed by atoms with Gasteiger partial charge in [-0.1, -0.05) is 37.4 Å². The summed E-state index contributed by atoms with van der Waals surface area (Å²) >= 11 is 0. The monoisotopic (exact) mass is 678 g/mol. The lowest BCUT2D eigenvalue weighted by Crippen LogP contribution is -2.10. The number of unbranched alkanes of at least 4 members (excludes halogenated alkanes) is 2. The van der Waals surface area contributed by atoms with Crippen LogP contribution in [0.3, 0.4) is 0 Å². The molecule has 4 aromatic carbocycles. The van der Waals surface area contributed by atoms with Crippen LogP contribution in [0, 0.1) is 0 Å². The molecule has 0 spiro atoms. The molecule has 0 amide bonds. The van der Waals surface area contributed by atoms with Crippen molar-refractivity contribution in [3.8, 4) is 34.1 Å². The predicted molar refractivity (Wildman–Crippen MR) is 186 cm³/mol. The lowest BCUT2D eigenvalue weighted by atomic mass is 10.1. The van der Waals surface area contributed by atoms with Gasteiger partial charge in [-0.05, 0) is 110 Å². The first-order valence-electron chi connectivity index (χ1n) is 16.0. The molecule has 0 fully saturated rings. The third kappa shape index (κ3) is 12.1. The molecule has 0 N–H and O–H groups in total. The van der Waals surface area contributed by atoms with E-state index < -0.39 is 23.9 Å². The predicted octanol–water partition coefficient (Wildman–Crippen LogP) is 7.57. The van der Waals surface area contributed by atoms with Crippen LogP contribution in [0.4, 0.5) is 0 Å². The summed E-state index contributed by atoms with van der Waals surface area (Å²) in [6.45, 7) is 8.28. The number of hydrogen-bond donors (Lipinski definition) is 0. The maximum atomic E-state index is 12.7. The fraction of sp³-hybridized carbons (Fsp3) is 0.200. The molecule has 0 saturated heterocycles. The Kier molecular flexibility index (Phi) is 14.4. The van der Waals surface area contributed by atoms with Crippen LogP contribution in [0.15, 0.2) is 122 Å². The van der Waals surface area contributed by atoms with E-state index in [4.69, 9.17) is 28.4 Å². The Balaban J connectivity index is 1.18. The molecule has 0 unspecified atom stereocenters. The molecule has 4 aromatic rings. The van der Waals surface area contributed by atoms with Crippen molar-refractivity contribution >= 4 is 23.9 Å². The molecule has 10 heteroatoms. The number of hydrogen-bond acceptors (Lipinski definition) is 10. The SMILES string of the molecule is C=CC(=O)OCCCCOc1ccc(C(=O)Oc2ccc(C(=O)Oc3ccc(-c4ccc(OCCCCOC(=O)C=C)cc4)cc3)cc2)cc1. The second kappa shape index (κ2) is 19.6. The molecule has 0 aliphatic rings. The van der Waals surface area contributed by atoms with E-state index >= 15 is 0 Å². The topological polar surface area (TPSA) is 124 Å². The van der Waals surface area contributed by atoms with Crippen LogP contribution in [0.5, 0.6) is 23.0 Å². The van der Waals surface area contributed by atoms with Crippen molar-refractivity contribution in [1.82, 2.24) is 0 Å². The van der Waals surface area contributed by atoms with Gasteiger partial charge < -0.3 is 28.4 Å².